The number of nitrogens with zero attached hydrogens (tertiary/aromatic N) is 1. The van der Waals surface area contributed by atoms with Crippen molar-refractivity contribution in [2.45, 2.75) is 40.0 Å². The first kappa shape index (κ1) is 17.1. The fourth-order valence-electron chi connectivity index (χ4n) is 2.56. The van der Waals surface area contributed by atoms with Gasteiger partial charge in [0.05, 0.1) is 12.8 Å². The summed E-state index contributed by atoms with van der Waals surface area (Å²) >= 11 is 0. The van der Waals surface area contributed by atoms with Gasteiger partial charge >= 0.3 is 0 Å². The second-order valence-corrected chi connectivity index (χ2v) is 5.98. The van der Waals surface area contributed by atoms with Crippen molar-refractivity contribution in [3.8, 4) is 5.75 Å². The molecule has 1 heterocycles. The molecule has 23 heavy (non-hydrogen) atoms. The molecule has 124 valence electrons. The molecule has 5 nitrogen and oxygen atoms in total. The van der Waals surface area contributed by atoms with Gasteiger partial charge in [-0.05, 0) is 31.9 Å². The Kier molecular flexibility index (Phi) is 5.42. The number of rotatable bonds is 6. The second kappa shape index (κ2) is 7.31. The van der Waals surface area contributed by atoms with Crippen molar-refractivity contribution < 1.29 is 14.1 Å². The predicted octanol–water partition coefficient (Wildman–Crippen LogP) is 3.40. The van der Waals surface area contributed by atoms with Crippen LogP contribution < -0.4 is 10.1 Å². The quantitative estimate of drug-likeness (QED) is 0.887. The average Bonchev–Trinajstić information content (AvgIpc) is 2.89. The highest BCUT2D eigenvalue weighted by molar-refractivity contribution is 5.96. The molecule has 2 rings (SSSR count). The van der Waals surface area contributed by atoms with E-state index in [0.29, 0.717) is 30.0 Å². The first-order valence-corrected chi connectivity index (χ1v) is 7.82. The molecule has 0 aliphatic carbocycles. The van der Waals surface area contributed by atoms with E-state index in [1.54, 1.807) is 14.0 Å². The molecule has 0 aliphatic heterocycles. The molecule has 0 radical (unpaired) electrons. The first-order chi connectivity index (χ1) is 10.9. The van der Waals surface area contributed by atoms with Crippen molar-refractivity contribution in [3.05, 3.63) is 46.3 Å². The molecule has 2 aromatic rings. The van der Waals surface area contributed by atoms with Gasteiger partial charge in [-0.25, -0.2) is 0 Å². The van der Waals surface area contributed by atoms with Crippen molar-refractivity contribution in [1.29, 1.82) is 0 Å². The molecule has 0 fully saturated rings. The lowest BCUT2D eigenvalue weighted by atomic mass is 10.0. The SMILES string of the molecule is COc1ccc(C)cc1CCNC(=O)c1c(C)noc1C(C)C. The molecule has 1 aromatic carbocycles. The highest BCUT2D eigenvalue weighted by Gasteiger charge is 2.22. The standard InChI is InChI=1S/C18H24N2O3/c1-11(2)17-16(13(4)20-23-17)18(21)19-9-8-14-10-12(3)6-7-15(14)22-5/h6-7,10-11H,8-9H2,1-5H3,(H,19,21). The summed E-state index contributed by atoms with van der Waals surface area (Å²) in [6, 6.07) is 6.04. The number of aryl methyl sites for hydroxylation is 2. The van der Waals surface area contributed by atoms with Gasteiger partial charge in [0.1, 0.15) is 11.3 Å². The Morgan fingerprint density at radius 1 is 1.35 bits per heavy atom. The molecule has 0 bridgehead atoms. The Hall–Kier alpha value is -2.30. The number of benzene rings is 1. The fourth-order valence-corrected chi connectivity index (χ4v) is 2.56. The summed E-state index contributed by atoms with van der Waals surface area (Å²) in [5.74, 6) is 1.45. The summed E-state index contributed by atoms with van der Waals surface area (Å²) in [7, 11) is 1.65. The summed E-state index contributed by atoms with van der Waals surface area (Å²) in [4.78, 5) is 12.4. The van der Waals surface area contributed by atoms with Crippen LogP contribution in [-0.4, -0.2) is 24.7 Å². The fraction of sp³-hybridized carbons (Fsp3) is 0.444. The van der Waals surface area contributed by atoms with E-state index in [-0.39, 0.29) is 11.8 Å². The van der Waals surface area contributed by atoms with E-state index in [2.05, 4.69) is 16.5 Å². The van der Waals surface area contributed by atoms with Crippen LogP contribution in [0.15, 0.2) is 22.7 Å². The zero-order valence-corrected chi connectivity index (χ0v) is 14.4. The van der Waals surface area contributed by atoms with Gasteiger partial charge in [-0.3, -0.25) is 4.79 Å². The molecule has 0 saturated carbocycles. The molecule has 5 heteroatoms. The first-order valence-electron chi connectivity index (χ1n) is 7.82. The molecule has 0 atom stereocenters. The van der Waals surface area contributed by atoms with E-state index in [1.807, 2.05) is 32.9 Å². The number of carbonyl (C=O) groups is 1. The molecule has 0 unspecified atom stereocenters. The lowest BCUT2D eigenvalue weighted by molar-refractivity contribution is 0.0951. The molecule has 1 amide bonds. The third-order valence-electron chi connectivity index (χ3n) is 3.76. The van der Waals surface area contributed by atoms with Gasteiger partial charge in [0.2, 0.25) is 0 Å². The number of carbonyl (C=O) groups excluding carboxylic acids is 1. The molecular formula is C18H24N2O3. The number of aromatic nitrogens is 1. The highest BCUT2D eigenvalue weighted by atomic mass is 16.5. The van der Waals surface area contributed by atoms with Gasteiger partial charge in [-0.1, -0.05) is 36.7 Å². The summed E-state index contributed by atoms with van der Waals surface area (Å²) in [5, 5.41) is 6.85. The summed E-state index contributed by atoms with van der Waals surface area (Å²) < 4.78 is 10.6. The Morgan fingerprint density at radius 3 is 2.74 bits per heavy atom. The molecule has 0 aliphatic rings. The minimum Gasteiger partial charge on any atom is -0.496 e. The maximum absolute atomic E-state index is 12.4. The Balaban J connectivity index is 2.03. The third kappa shape index (κ3) is 3.92. The number of nitrogens with one attached hydrogen (secondary N) is 1. The van der Waals surface area contributed by atoms with Crippen molar-refractivity contribution in [2.75, 3.05) is 13.7 Å². The van der Waals surface area contributed by atoms with Crippen LogP contribution in [0.4, 0.5) is 0 Å². The Bertz CT molecular complexity index is 690. The van der Waals surface area contributed by atoms with E-state index in [4.69, 9.17) is 9.26 Å². The van der Waals surface area contributed by atoms with Crippen molar-refractivity contribution in [3.63, 3.8) is 0 Å². The predicted molar refractivity (Wildman–Crippen MR) is 89.1 cm³/mol. The van der Waals surface area contributed by atoms with Crippen LogP contribution in [0.1, 0.15) is 52.7 Å². The van der Waals surface area contributed by atoms with Crippen LogP contribution in [0.5, 0.6) is 5.75 Å². The number of amides is 1. The smallest absolute Gasteiger partial charge is 0.256 e. The van der Waals surface area contributed by atoms with Gasteiger partial charge in [0.25, 0.3) is 5.91 Å². The van der Waals surface area contributed by atoms with E-state index >= 15 is 0 Å². The van der Waals surface area contributed by atoms with Crippen LogP contribution >= 0.6 is 0 Å². The van der Waals surface area contributed by atoms with Crippen molar-refractivity contribution >= 4 is 5.91 Å². The molecule has 0 saturated heterocycles. The van der Waals surface area contributed by atoms with Gasteiger partial charge in [0.15, 0.2) is 5.76 Å². The number of hydrogen-bond donors (Lipinski definition) is 1. The monoisotopic (exact) mass is 316 g/mol. The zero-order chi connectivity index (χ0) is 17.0. The summed E-state index contributed by atoms with van der Waals surface area (Å²) in [5.41, 5.74) is 3.43. The molecule has 0 spiro atoms. The molecule has 1 aromatic heterocycles. The van der Waals surface area contributed by atoms with Crippen molar-refractivity contribution in [1.82, 2.24) is 10.5 Å². The maximum atomic E-state index is 12.4. The number of hydrogen-bond acceptors (Lipinski definition) is 4. The number of methoxy groups -OCH3 is 1. The lowest BCUT2D eigenvalue weighted by Gasteiger charge is -2.11. The van der Waals surface area contributed by atoms with E-state index < -0.39 is 0 Å². The van der Waals surface area contributed by atoms with Crippen LogP contribution in [0, 0.1) is 13.8 Å². The highest BCUT2D eigenvalue weighted by Crippen LogP contribution is 2.22. The van der Waals surface area contributed by atoms with E-state index in [0.717, 1.165) is 11.3 Å². The zero-order valence-electron chi connectivity index (χ0n) is 14.4. The topological polar surface area (TPSA) is 64.4 Å². The van der Waals surface area contributed by atoms with Gasteiger partial charge in [0, 0.05) is 12.5 Å². The van der Waals surface area contributed by atoms with Crippen molar-refractivity contribution in [2.24, 2.45) is 0 Å². The van der Waals surface area contributed by atoms with E-state index in [1.165, 1.54) is 5.56 Å². The summed E-state index contributed by atoms with van der Waals surface area (Å²) in [6.07, 6.45) is 0.706. The normalized spacial score (nSPS) is 10.9. The maximum Gasteiger partial charge on any atom is 0.256 e. The largest absolute Gasteiger partial charge is 0.496 e. The lowest BCUT2D eigenvalue weighted by Crippen LogP contribution is -2.27. The van der Waals surface area contributed by atoms with Crippen LogP contribution in [-0.2, 0) is 6.42 Å². The van der Waals surface area contributed by atoms with Gasteiger partial charge in [-0.15, -0.1) is 0 Å². The summed E-state index contributed by atoms with van der Waals surface area (Å²) in [6.45, 7) is 8.31. The second-order valence-electron chi connectivity index (χ2n) is 5.98. The minimum absolute atomic E-state index is 0.119. The van der Waals surface area contributed by atoms with Crippen LogP contribution in [0.3, 0.4) is 0 Å². The third-order valence-corrected chi connectivity index (χ3v) is 3.76. The molecular weight excluding hydrogens is 292 g/mol. The molecule has 1 N–H and O–H groups in total. The minimum atomic E-state index is -0.140. The van der Waals surface area contributed by atoms with E-state index in [9.17, 15) is 4.79 Å². The number of ether oxygens (including phenoxy) is 1. The average molecular weight is 316 g/mol. The Morgan fingerprint density at radius 2 is 2.09 bits per heavy atom. The van der Waals surface area contributed by atoms with Crippen LogP contribution in [0.2, 0.25) is 0 Å². The van der Waals surface area contributed by atoms with Gasteiger partial charge < -0.3 is 14.6 Å². The van der Waals surface area contributed by atoms with Crippen LogP contribution in [0.25, 0.3) is 0 Å². The van der Waals surface area contributed by atoms with Gasteiger partial charge in [-0.2, -0.15) is 0 Å². The Labute approximate surface area is 137 Å².